The average molecular weight is 226 g/mol. The monoisotopic (exact) mass is 226 g/mol. The maximum absolute atomic E-state index is 11.0. The van der Waals surface area contributed by atoms with E-state index in [4.69, 9.17) is 5.11 Å². The zero-order valence-electron chi connectivity index (χ0n) is 8.94. The molecule has 0 saturated carbocycles. The highest BCUT2D eigenvalue weighted by Gasteiger charge is 2.36. The lowest BCUT2D eigenvalue weighted by atomic mass is 10.2. The van der Waals surface area contributed by atoms with E-state index in [-0.39, 0.29) is 6.42 Å². The van der Waals surface area contributed by atoms with Gasteiger partial charge in [0.1, 0.15) is 18.2 Å². The smallest absolute Gasteiger partial charge is 0.321 e. The number of aliphatic hydroxyl groups excluding tert-OH is 1. The van der Waals surface area contributed by atoms with E-state index in [0.717, 1.165) is 0 Å². The molecule has 2 atom stereocenters. The Hall–Kier alpha value is -1.47. The Bertz CT molecular complexity index is 392. The van der Waals surface area contributed by atoms with Gasteiger partial charge in [-0.2, -0.15) is 5.10 Å². The summed E-state index contributed by atoms with van der Waals surface area (Å²) in [5.41, 5.74) is 0. The third kappa shape index (κ3) is 2.05. The van der Waals surface area contributed by atoms with Crippen molar-refractivity contribution < 1.29 is 15.0 Å². The van der Waals surface area contributed by atoms with Crippen LogP contribution in [0.5, 0.6) is 0 Å². The van der Waals surface area contributed by atoms with Crippen LogP contribution in [0.15, 0.2) is 6.33 Å². The van der Waals surface area contributed by atoms with Crippen LogP contribution in [-0.2, 0) is 18.4 Å². The van der Waals surface area contributed by atoms with Crippen molar-refractivity contribution in [3.8, 4) is 0 Å². The van der Waals surface area contributed by atoms with E-state index in [1.54, 1.807) is 16.6 Å². The number of hydrogen-bond donors (Lipinski definition) is 2. The summed E-state index contributed by atoms with van der Waals surface area (Å²) in [5, 5.41) is 22.4. The zero-order chi connectivity index (χ0) is 11.7. The topological polar surface area (TPSA) is 91.5 Å². The lowest BCUT2D eigenvalue weighted by molar-refractivity contribution is -0.142. The quantitative estimate of drug-likeness (QED) is 0.675. The van der Waals surface area contributed by atoms with E-state index in [0.29, 0.717) is 18.9 Å². The van der Waals surface area contributed by atoms with Crippen LogP contribution in [0, 0.1) is 0 Å². The summed E-state index contributed by atoms with van der Waals surface area (Å²) in [6.07, 6.45) is 1.12. The molecule has 2 N–H and O–H groups in total. The second-order valence-electron chi connectivity index (χ2n) is 3.97. The molecule has 7 nitrogen and oxygen atoms in total. The summed E-state index contributed by atoms with van der Waals surface area (Å²) in [6, 6.07) is -0.633. The number of aliphatic carboxylic acids is 1. The number of carboxylic acids is 1. The van der Waals surface area contributed by atoms with Crippen LogP contribution in [0.4, 0.5) is 0 Å². The van der Waals surface area contributed by atoms with Gasteiger partial charge in [0, 0.05) is 20.0 Å². The van der Waals surface area contributed by atoms with Crippen molar-refractivity contribution in [3.05, 3.63) is 12.2 Å². The summed E-state index contributed by atoms with van der Waals surface area (Å²) in [4.78, 5) is 16.7. The molecule has 1 aliphatic rings. The van der Waals surface area contributed by atoms with Crippen molar-refractivity contribution in [3.63, 3.8) is 0 Å². The summed E-state index contributed by atoms with van der Waals surface area (Å²) in [6.45, 7) is 0.758. The molecule has 7 heteroatoms. The molecule has 2 rings (SSSR count). The fourth-order valence-corrected chi connectivity index (χ4v) is 1.96. The third-order valence-electron chi connectivity index (χ3n) is 2.82. The predicted molar refractivity (Wildman–Crippen MR) is 53.5 cm³/mol. The van der Waals surface area contributed by atoms with Crippen LogP contribution in [0.3, 0.4) is 0 Å². The summed E-state index contributed by atoms with van der Waals surface area (Å²) < 4.78 is 1.60. The highest BCUT2D eigenvalue weighted by molar-refractivity contribution is 5.74. The number of carboxylic acid groups (broad SMARTS) is 1. The Morgan fingerprint density at radius 3 is 3.00 bits per heavy atom. The first kappa shape index (κ1) is 11.0. The Kier molecular flexibility index (Phi) is 2.88. The Morgan fingerprint density at radius 2 is 2.44 bits per heavy atom. The van der Waals surface area contributed by atoms with Crippen molar-refractivity contribution in [2.24, 2.45) is 7.05 Å². The number of β-amino-alcohol motifs (C(OH)–C–C–N with tert-alkyl or cyclic N) is 1. The molecule has 0 aromatic carbocycles. The molecule has 1 aromatic heterocycles. The number of nitrogens with zero attached hydrogens (tertiary/aromatic N) is 4. The van der Waals surface area contributed by atoms with Gasteiger partial charge in [-0.1, -0.05) is 0 Å². The van der Waals surface area contributed by atoms with E-state index < -0.39 is 18.1 Å². The lowest BCUT2D eigenvalue weighted by Crippen LogP contribution is -2.36. The van der Waals surface area contributed by atoms with E-state index in [1.165, 1.54) is 6.33 Å². The van der Waals surface area contributed by atoms with Gasteiger partial charge in [-0.3, -0.25) is 14.4 Å². The van der Waals surface area contributed by atoms with Gasteiger partial charge >= 0.3 is 5.97 Å². The molecule has 16 heavy (non-hydrogen) atoms. The SMILES string of the molecule is Cn1ncnc1CN1CC(O)CC1C(=O)O. The van der Waals surface area contributed by atoms with Crippen molar-refractivity contribution in [2.45, 2.75) is 25.1 Å². The zero-order valence-corrected chi connectivity index (χ0v) is 8.94. The van der Waals surface area contributed by atoms with Crippen LogP contribution >= 0.6 is 0 Å². The molecule has 0 radical (unpaired) electrons. The molecule has 1 aliphatic heterocycles. The number of aliphatic hydroxyl groups is 1. The van der Waals surface area contributed by atoms with Gasteiger partial charge in [0.25, 0.3) is 0 Å². The summed E-state index contributed by atoms with van der Waals surface area (Å²) in [5.74, 6) is -0.209. The van der Waals surface area contributed by atoms with E-state index >= 15 is 0 Å². The normalized spacial score (nSPS) is 26.1. The number of rotatable bonds is 3. The number of hydrogen-bond acceptors (Lipinski definition) is 5. The third-order valence-corrected chi connectivity index (χ3v) is 2.82. The molecule has 88 valence electrons. The van der Waals surface area contributed by atoms with Crippen LogP contribution < -0.4 is 0 Å². The molecule has 2 heterocycles. The van der Waals surface area contributed by atoms with Gasteiger partial charge in [-0.25, -0.2) is 4.98 Å². The van der Waals surface area contributed by atoms with Gasteiger partial charge in [-0.15, -0.1) is 0 Å². The van der Waals surface area contributed by atoms with Crippen LogP contribution in [0.25, 0.3) is 0 Å². The van der Waals surface area contributed by atoms with Gasteiger partial charge in [0.2, 0.25) is 0 Å². The number of likely N-dealkylation sites (tertiary alicyclic amines) is 1. The van der Waals surface area contributed by atoms with Gasteiger partial charge in [-0.05, 0) is 0 Å². The predicted octanol–water partition coefficient (Wildman–Crippen LogP) is -1.17. The van der Waals surface area contributed by atoms with Crippen LogP contribution in [0.2, 0.25) is 0 Å². The first-order chi connectivity index (χ1) is 7.58. The van der Waals surface area contributed by atoms with Crippen LogP contribution in [-0.4, -0.2) is 54.5 Å². The first-order valence-electron chi connectivity index (χ1n) is 5.05. The van der Waals surface area contributed by atoms with Crippen molar-refractivity contribution in [1.82, 2.24) is 19.7 Å². The highest BCUT2D eigenvalue weighted by atomic mass is 16.4. The Balaban J connectivity index is 2.09. The average Bonchev–Trinajstić information content (AvgIpc) is 2.75. The minimum Gasteiger partial charge on any atom is -0.480 e. The molecule has 0 bridgehead atoms. The molecular weight excluding hydrogens is 212 g/mol. The minimum absolute atomic E-state index is 0.271. The number of aryl methyl sites for hydroxylation is 1. The second kappa shape index (κ2) is 4.18. The van der Waals surface area contributed by atoms with Crippen molar-refractivity contribution in [2.75, 3.05) is 6.54 Å². The van der Waals surface area contributed by atoms with E-state index in [2.05, 4.69) is 10.1 Å². The summed E-state index contributed by atoms with van der Waals surface area (Å²) >= 11 is 0. The second-order valence-corrected chi connectivity index (χ2v) is 3.97. The maximum Gasteiger partial charge on any atom is 0.321 e. The molecule has 1 aromatic rings. The summed E-state index contributed by atoms with van der Waals surface area (Å²) in [7, 11) is 1.75. The molecule has 1 saturated heterocycles. The minimum atomic E-state index is -0.904. The maximum atomic E-state index is 11.0. The molecule has 0 amide bonds. The molecule has 0 aliphatic carbocycles. The van der Waals surface area contributed by atoms with Crippen molar-refractivity contribution in [1.29, 1.82) is 0 Å². The fourth-order valence-electron chi connectivity index (χ4n) is 1.96. The molecule has 1 fully saturated rings. The van der Waals surface area contributed by atoms with Gasteiger partial charge < -0.3 is 10.2 Å². The van der Waals surface area contributed by atoms with Crippen molar-refractivity contribution >= 4 is 5.97 Å². The lowest BCUT2D eigenvalue weighted by Gasteiger charge is -2.19. The fraction of sp³-hybridized carbons (Fsp3) is 0.667. The van der Waals surface area contributed by atoms with E-state index in [1.807, 2.05) is 0 Å². The Labute approximate surface area is 92.3 Å². The largest absolute Gasteiger partial charge is 0.480 e. The van der Waals surface area contributed by atoms with Crippen LogP contribution in [0.1, 0.15) is 12.2 Å². The number of carbonyl (C=O) groups is 1. The number of aromatic nitrogens is 3. The first-order valence-corrected chi connectivity index (χ1v) is 5.05. The van der Waals surface area contributed by atoms with Gasteiger partial charge in [0.05, 0.1) is 12.6 Å². The Morgan fingerprint density at radius 1 is 1.69 bits per heavy atom. The molecule has 2 unspecified atom stereocenters. The van der Waals surface area contributed by atoms with Gasteiger partial charge in [0.15, 0.2) is 0 Å². The standard InChI is InChI=1S/C9H14N4O3/c1-12-8(10-5-11-12)4-13-3-6(14)2-7(13)9(15)16/h5-7,14H,2-4H2,1H3,(H,15,16). The molecule has 0 spiro atoms. The molecular formula is C9H14N4O3. The highest BCUT2D eigenvalue weighted by Crippen LogP contribution is 2.19. The van der Waals surface area contributed by atoms with E-state index in [9.17, 15) is 9.90 Å².